The molecule has 0 bridgehead atoms. The van der Waals surface area contributed by atoms with Gasteiger partial charge in [0.25, 0.3) is 0 Å². The van der Waals surface area contributed by atoms with E-state index in [1.807, 2.05) is 45.0 Å². The molecule has 2 aromatic rings. The highest BCUT2D eigenvalue weighted by atomic mass is 32.2. The van der Waals surface area contributed by atoms with Crippen LogP contribution in [0.1, 0.15) is 76.0 Å². The number of nitrogens with two attached hydrogens (primary N) is 1. The number of carbonyl (C=O) groups excluding carboxylic acids is 3. The molecule has 260 valence electrons. The Kier molecular flexibility index (Phi) is 14.7. The Morgan fingerprint density at radius 1 is 1.02 bits per heavy atom. The Labute approximate surface area is 276 Å². The van der Waals surface area contributed by atoms with E-state index in [4.69, 9.17) is 10.5 Å². The molecule has 10 nitrogen and oxygen atoms in total. The van der Waals surface area contributed by atoms with Gasteiger partial charge in [-0.25, -0.2) is 22.0 Å². The van der Waals surface area contributed by atoms with Gasteiger partial charge in [0.15, 0.2) is 9.84 Å². The van der Waals surface area contributed by atoms with Crippen LogP contribution in [0.5, 0.6) is 0 Å². The third-order valence-corrected chi connectivity index (χ3v) is 10.5. The second-order valence-electron chi connectivity index (χ2n) is 12.2. The second-order valence-corrected chi connectivity index (χ2v) is 14.5. The van der Waals surface area contributed by atoms with E-state index >= 15 is 0 Å². The van der Waals surface area contributed by atoms with Crippen molar-refractivity contribution in [2.75, 3.05) is 12.3 Å². The highest BCUT2D eigenvalue weighted by Gasteiger charge is 2.37. The summed E-state index contributed by atoms with van der Waals surface area (Å²) in [6.45, 7) is 6.21. The summed E-state index contributed by atoms with van der Waals surface area (Å²) in [6.07, 6.45) is 2.07. The van der Waals surface area contributed by atoms with Gasteiger partial charge < -0.3 is 26.4 Å². The number of aryl methyl sites for hydroxylation is 1. The minimum Gasteiger partial charge on any atom is -0.458 e. The standard InChI is InChI=1S/C34H48F2N4O6S/c1-4-8-27(9-5-2)47(44,45)21-30(40-33(42)29-12-13-32(41)39-29)34(43)46-31(20-38-19-23-11-7-10-22(6-3)14-23)28(37)17-24-15-25(35)18-26(36)16-24/h7,10-11,14-16,18,27-31,38H,4-6,8-9,12-13,17,19-21,37H2,1-3H3,(H,39,41)(H,40,42)/t28-,29+,30?,31+/m0/s1. The molecule has 0 radical (unpaired) electrons. The molecule has 2 aromatic carbocycles. The molecule has 13 heteroatoms. The third kappa shape index (κ3) is 12.0. The van der Waals surface area contributed by atoms with E-state index < -0.39 is 68.6 Å². The molecule has 3 rings (SSSR count). The van der Waals surface area contributed by atoms with Gasteiger partial charge in [-0.05, 0) is 60.9 Å². The zero-order valence-corrected chi connectivity index (χ0v) is 28.2. The second kappa shape index (κ2) is 18.2. The molecule has 1 fully saturated rings. The smallest absolute Gasteiger partial charge is 0.330 e. The molecule has 47 heavy (non-hydrogen) atoms. The van der Waals surface area contributed by atoms with Gasteiger partial charge in [-0.1, -0.05) is 57.9 Å². The number of nitrogens with one attached hydrogen (secondary N) is 3. The highest BCUT2D eigenvalue weighted by molar-refractivity contribution is 7.92. The molecular weight excluding hydrogens is 630 g/mol. The van der Waals surface area contributed by atoms with E-state index in [-0.39, 0.29) is 37.3 Å². The average Bonchev–Trinajstić information content (AvgIpc) is 3.45. The average molecular weight is 679 g/mol. The van der Waals surface area contributed by atoms with Crippen LogP contribution < -0.4 is 21.7 Å². The number of hydrogen-bond acceptors (Lipinski definition) is 8. The van der Waals surface area contributed by atoms with Crippen LogP contribution >= 0.6 is 0 Å². The molecule has 0 saturated carbocycles. The monoisotopic (exact) mass is 678 g/mol. The van der Waals surface area contributed by atoms with Gasteiger partial charge in [-0.3, -0.25) is 9.59 Å². The Morgan fingerprint density at radius 3 is 2.28 bits per heavy atom. The maximum Gasteiger partial charge on any atom is 0.330 e. The number of benzene rings is 2. The minimum absolute atomic E-state index is 0.0292. The summed E-state index contributed by atoms with van der Waals surface area (Å²) in [6, 6.07) is 7.47. The molecule has 0 aliphatic carbocycles. The van der Waals surface area contributed by atoms with E-state index in [1.165, 1.54) is 0 Å². The number of amides is 2. The van der Waals surface area contributed by atoms with Gasteiger partial charge in [0.05, 0.1) is 11.0 Å². The summed E-state index contributed by atoms with van der Waals surface area (Å²) in [4.78, 5) is 38.6. The van der Waals surface area contributed by atoms with Crippen LogP contribution in [-0.4, -0.2) is 68.0 Å². The molecule has 0 spiro atoms. The molecule has 1 aliphatic rings. The van der Waals surface area contributed by atoms with Crippen LogP contribution in [0.3, 0.4) is 0 Å². The first-order valence-electron chi connectivity index (χ1n) is 16.4. The lowest BCUT2D eigenvalue weighted by Crippen LogP contribution is -2.55. The lowest BCUT2D eigenvalue weighted by molar-refractivity contribution is -0.153. The first-order chi connectivity index (χ1) is 22.3. The van der Waals surface area contributed by atoms with Crippen LogP contribution in [0.4, 0.5) is 8.78 Å². The van der Waals surface area contributed by atoms with E-state index in [1.54, 1.807) is 0 Å². The fourth-order valence-electron chi connectivity index (χ4n) is 5.73. The SMILES string of the molecule is CCCC(CCC)S(=O)(=O)CC(NC(=O)[C@H]1CCC(=O)N1)C(=O)O[C@H](CNCc1cccc(CC)c1)[C@@H](N)Cc1cc(F)cc(F)c1. The van der Waals surface area contributed by atoms with Crippen molar-refractivity contribution >= 4 is 27.6 Å². The number of esters is 1. The zero-order chi connectivity index (χ0) is 34.6. The van der Waals surface area contributed by atoms with E-state index in [9.17, 15) is 31.6 Å². The van der Waals surface area contributed by atoms with Crippen molar-refractivity contribution in [3.05, 3.63) is 70.8 Å². The summed E-state index contributed by atoms with van der Waals surface area (Å²) >= 11 is 0. The number of halogens is 2. The Morgan fingerprint density at radius 2 is 1.68 bits per heavy atom. The van der Waals surface area contributed by atoms with Crippen molar-refractivity contribution < 1.29 is 36.3 Å². The zero-order valence-electron chi connectivity index (χ0n) is 27.4. The van der Waals surface area contributed by atoms with Crippen LogP contribution in [0, 0.1) is 11.6 Å². The number of rotatable bonds is 19. The minimum atomic E-state index is -3.88. The number of sulfone groups is 1. The van der Waals surface area contributed by atoms with Gasteiger partial charge in [0.2, 0.25) is 11.8 Å². The van der Waals surface area contributed by atoms with Crippen molar-refractivity contribution in [1.29, 1.82) is 0 Å². The molecule has 1 heterocycles. The van der Waals surface area contributed by atoms with Crippen LogP contribution in [0.25, 0.3) is 0 Å². The highest BCUT2D eigenvalue weighted by Crippen LogP contribution is 2.19. The normalized spacial score (nSPS) is 16.8. The van der Waals surface area contributed by atoms with Gasteiger partial charge in [-0.15, -0.1) is 0 Å². The molecule has 2 amide bonds. The number of ether oxygens (including phenoxy) is 1. The molecular formula is C34H48F2N4O6S. The fraction of sp³-hybridized carbons (Fsp3) is 0.559. The Bertz CT molecular complexity index is 1450. The summed E-state index contributed by atoms with van der Waals surface area (Å²) in [5.74, 6) is -4.29. The first kappa shape index (κ1) is 38.0. The van der Waals surface area contributed by atoms with Crippen molar-refractivity contribution in [1.82, 2.24) is 16.0 Å². The van der Waals surface area contributed by atoms with Gasteiger partial charge in [0, 0.05) is 31.6 Å². The number of carbonyl (C=O) groups is 3. The molecule has 0 aromatic heterocycles. The summed E-state index contributed by atoms with van der Waals surface area (Å²) in [5.41, 5.74) is 8.84. The summed E-state index contributed by atoms with van der Waals surface area (Å²) < 4.78 is 60.8. The predicted molar refractivity (Wildman–Crippen MR) is 176 cm³/mol. The van der Waals surface area contributed by atoms with E-state index in [2.05, 4.69) is 16.0 Å². The summed E-state index contributed by atoms with van der Waals surface area (Å²) in [7, 11) is -3.88. The molecule has 1 unspecified atom stereocenters. The molecule has 5 N–H and O–H groups in total. The van der Waals surface area contributed by atoms with Crippen LogP contribution in [0.15, 0.2) is 42.5 Å². The van der Waals surface area contributed by atoms with Crippen molar-refractivity contribution in [2.45, 2.75) is 108 Å². The first-order valence-corrected chi connectivity index (χ1v) is 18.1. The van der Waals surface area contributed by atoms with Crippen molar-refractivity contribution in [3.63, 3.8) is 0 Å². The van der Waals surface area contributed by atoms with Crippen molar-refractivity contribution in [3.8, 4) is 0 Å². The fourth-order valence-corrected chi connectivity index (χ4v) is 7.88. The predicted octanol–water partition coefficient (Wildman–Crippen LogP) is 3.25. The van der Waals surface area contributed by atoms with Gasteiger partial charge >= 0.3 is 5.97 Å². The molecule has 1 aliphatic heterocycles. The Hall–Kier alpha value is -3.42. The van der Waals surface area contributed by atoms with Gasteiger partial charge in [-0.2, -0.15) is 0 Å². The largest absolute Gasteiger partial charge is 0.458 e. The van der Waals surface area contributed by atoms with Crippen LogP contribution in [-0.2, 0) is 48.3 Å². The van der Waals surface area contributed by atoms with Crippen LogP contribution in [0.2, 0.25) is 0 Å². The van der Waals surface area contributed by atoms with Crippen molar-refractivity contribution in [2.24, 2.45) is 5.73 Å². The topological polar surface area (TPSA) is 157 Å². The molecule has 4 atom stereocenters. The quantitative estimate of drug-likeness (QED) is 0.165. The Balaban J connectivity index is 1.86. The lowest BCUT2D eigenvalue weighted by atomic mass is 10.0. The lowest BCUT2D eigenvalue weighted by Gasteiger charge is -2.28. The third-order valence-electron chi connectivity index (χ3n) is 8.25. The number of hydrogen-bond donors (Lipinski definition) is 4. The summed E-state index contributed by atoms with van der Waals surface area (Å²) in [5, 5.41) is 7.55. The maximum atomic E-state index is 14.0. The molecule has 1 saturated heterocycles. The maximum absolute atomic E-state index is 14.0. The van der Waals surface area contributed by atoms with E-state index in [0.717, 1.165) is 35.7 Å². The van der Waals surface area contributed by atoms with E-state index in [0.29, 0.717) is 32.2 Å². The van der Waals surface area contributed by atoms with Gasteiger partial charge in [0.1, 0.15) is 29.8 Å².